The Hall–Kier alpha value is -0.220. The minimum Gasteiger partial charge on any atom is -0.368 e. The summed E-state index contributed by atoms with van der Waals surface area (Å²) in [6.07, 6.45) is 9.71. The quantitative estimate of drug-likeness (QED) is 0.760. The van der Waals surface area contributed by atoms with Crippen molar-refractivity contribution in [3.63, 3.8) is 0 Å². The number of carbonyl (C=O) groups excluding carboxylic acids is 1. The molecular formula is C13H24N2OS. The standard InChI is InChI=1S/C13H24N2OS/c14-12(16)13(8-5-9-17-10-13)15-11-6-3-1-2-4-7-11/h11,15H,1-10H2,(H2,14,16). The Morgan fingerprint density at radius 2 is 1.88 bits per heavy atom. The van der Waals surface area contributed by atoms with E-state index in [9.17, 15) is 4.79 Å². The molecule has 1 aliphatic carbocycles. The molecule has 1 aliphatic heterocycles. The second-order valence-electron chi connectivity index (χ2n) is 5.44. The SMILES string of the molecule is NC(=O)C1(NC2CCCCCC2)CCCSC1. The lowest BCUT2D eigenvalue weighted by Crippen LogP contribution is -2.61. The van der Waals surface area contributed by atoms with Crippen molar-refractivity contribution in [3.8, 4) is 0 Å². The molecular weight excluding hydrogens is 232 g/mol. The first kappa shape index (κ1) is 13.2. The summed E-state index contributed by atoms with van der Waals surface area (Å²) in [7, 11) is 0. The molecule has 2 aliphatic rings. The fourth-order valence-corrected chi connectivity index (χ4v) is 4.20. The minimum absolute atomic E-state index is 0.144. The van der Waals surface area contributed by atoms with Crippen LogP contribution in [0.5, 0.6) is 0 Å². The van der Waals surface area contributed by atoms with Crippen molar-refractivity contribution in [3.05, 3.63) is 0 Å². The highest BCUT2D eigenvalue weighted by Gasteiger charge is 2.39. The van der Waals surface area contributed by atoms with E-state index in [1.54, 1.807) is 0 Å². The number of amides is 1. The Morgan fingerprint density at radius 3 is 2.41 bits per heavy atom. The van der Waals surface area contributed by atoms with E-state index in [0.717, 1.165) is 18.6 Å². The summed E-state index contributed by atoms with van der Waals surface area (Å²) in [5.41, 5.74) is 5.22. The predicted octanol–water partition coefficient (Wildman–Crippen LogP) is 2.05. The van der Waals surface area contributed by atoms with Crippen molar-refractivity contribution >= 4 is 17.7 Å². The third-order valence-corrected chi connectivity index (χ3v) is 5.32. The van der Waals surface area contributed by atoms with Crippen LogP contribution in [-0.4, -0.2) is 29.0 Å². The maximum absolute atomic E-state index is 11.8. The number of nitrogens with one attached hydrogen (secondary N) is 1. The van der Waals surface area contributed by atoms with Crippen LogP contribution in [0.4, 0.5) is 0 Å². The molecule has 1 heterocycles. The van der Waals surface area contributed by atoms with Crippen molar-refractivity contribution < 1.29 is 4.79 Å². The fourth-order valence-electron chi connectivity index (χ4n) is 2.99. The Morgan fingerprint density at radius 1 is 1.18 bits per heavy atom. The van der Waals surface area contributed by atoms with Gasteiger partial charge in [0.1, 0.15) is 5.54 Å². The Labute approximate surface area is 108 Å². The number of rotatable bonds is 3. The number of thioether (sulfide) groups is 1. The van der Waals surface area contributed by atoms with Gasteiger partial charge in [-0.05, 0) is 31.4 Å². The van der Waals surface area contributed by atoms with Crippen LogP contribution in [0.2, 0.25) is 0 Å². The zero-order chi connectivity index (χ0) is 12.1. The lowest BCUT2D eigenvalue weighted by molar-refractivity contribution is -0.124. The minimum atomic E-state index is -0.419. The van der Waals surface area contributed by atoms with Crippen LogP contribution in [0, 0.1) is 0 Å². The molecule has 1 saturated heterocycles. The highest BCUT2D eigenvalue weighted by molar-refractivity contribution is 7.99. The topological polar surface area (TPSA) is 55.1 Å². The third kappa shape index (κ3) is 3.38. The number of hydrogen-bond donors (Lipinski definition) is 2. The summed E-state index contributed by atoms with van der Waals surface area (Å²) in [5, 5.41) is 3.62. The number of carbonyl (C=O) groups is 1. The molecule has 0 aromatic carbocycles. The molecule has 0 spiro atoms. The van der Waals surface area contributed by atoms with Gasteiger partial charge < -0.3 is 5.73 Å². The molecule has 3 N–H and O–H groups in total. The van der Waals surface area contributed by atoms with E-state index >= 15 is 0 Å². The van der Waals surface area contributed by atoms with E-state index in [0.29, 0.717) is 6.04 Å². The maximum Gasteiger partial charge on any atom is 0.238 e. The summed E-state index contributed by atoms with van der Waals surface area (Å²) >= 11 is 1.86. The van der Waals surface area contributed by atoms with Crippen molar-refractivity contribution in [2.75, 3.05) is 11.5 Å². The van der Waals surface area contributed by atoms with Crippen LogP contribution >= 0.6 is 11.8 Å². The van der Waals surface area contributed by atoms with Crippen molar-refractivity contribution in [2.45, 2.75) is 62.9 Å². The molecule has 98 valence electrons. The molecule has 4 heteroatoms. The van der Waals surface area contributed by atoms with Gasteiger partial charge in [-0.3, -0.25) is 10.1 Å². The van der Waals surface area contributed by atoms with E-state index < -0.39 is 5.54 Å². The molecule has 1 amide bonds. The van der Waals surface area contributed by atoms with Gasteiger partial charge in [-0.15, -0.1) is 0 Å². The molecule has 17 heavy (non-hydrogen) atoms. The summed E-state index contributed by atoms with van der Waals surface area (Å²) in [5.74, 6) is 1.88. The summed E-state index contributed by atoms with van der Waals surface area (Å²) in [6, 6.07) is 0.503. The molecule has 1 saturated carbocycles. The predicted molar refractivity (Wildman–Crippen MR) is 73.1 cm³/mol. The van der Waals surface area contributed by atoms with E-state index in [4.69, 9.17) is 5.73 Å². The van der Waals surface area contributed by atoms with E-state index in [2.05, 4.69) is 5.32 Å². The van der Waals surface area contributed by atoms with E-state index in [1.807, 2.05) is 11.8 Å². The van der Waals surface area contributed by atoms with Crippen LogP contribution in [0.25, 0.3) is 0 Å². The molecule has 3 nitrogen and oxygen atoms in total. The second kappa shape index (κ2) is 6.10. The Bertz CT molecular complexity index is 256. The van der Waals surface area contributed by atoms with Crippen LogP contribution < -0.4 is 11.1 Å². The van der Waals surface area contributed by atoms with Gasteiger partial charge in [0.25, 0.3) is 0 Å². The molecule has 0 radical (unpaired) electrons. The van der Waals surface area contributed by atoms with Gasteiger partial charge in [0, 0.05) is 11.8 Å². The van der Waals surface area contributed by atoms with Crippen molar-refractivity contribution in [1.82, 2.24) is 5.32 Å². The summed E-state index contributed by atoms with van der Waals surface area (Å²) < 4.78 is 0. The normalized spacial score (nSPS) is 32.0. The lowest BCUT2D eigenvalue weighted by atomic mass is 9.92. The second-order valence-corrected chi connectivity index (χ2v) is 6.54. The molecule has 2 rings (SSSR count). The number of hydrogen-bond acceptors (Lipinski definition) is 3. The monoisotopic (exact) mass is 256 g/mol. The lowest BCUT2D eigenvalue weighted by Gasteiger charge is -2.38. The van der Waals surface area contributed by atoms with Crippen molar-refractivity contribution in [2.24, 2.45) is 5.73 Å². The Balaban J connectivity index is 1.98. The summed E-state index contributed by atoms with van der Waals surface area (Å²) in [4.78, 5) is 11.8. The molecule has 2 fully saturated rings. The Kier molecular flexibility index (Phi) is 4.74. The average Bonchev–Trinajstić information content (AvgIpc) is 2.59. The van der Waals surface area contributed by atoms with Gasteiger partial charge in [0.05, 0.1) is 0 Å². The van der Waals surface area contributed by atoms with Crippen LogP contribution in [0.1, 0.15) is 51.4 Å². The first-order valence-electron chi connectivity index (χ1n) is 6.88. The van der Waals surface area contributed by atoms with E-state index in [-0.39, 0.29) is 5.91 Å². The van der Waals surface area contributed by atoms with Gasteiger partial charge >= 0.3 is 0 Å². The molecule has 1 unspecified atom stereocenters. The molecule has 1 atom stereocenters. The maximum atomic E-state index is 11.8. The zero-order valence-electron chi connectivity index (χ0n) is 10.5. The molecule has 0 aromatic heterocycles. The average molecular weight is 256 g/mol. The fraction of sp³-hybridized carbons (Fsp3) is 0.923. The van der Waals surface area contributed by atoms with Gasteiger partial charge in [-0.1, -0.05) is 25.7 Å². The van der Waals surface area contributed by atoms with Crippen molar-refractivity contribution in [1.29, 1.82) is 0 Å². The molecule has 0 bridgehead atoms. The van der Waals surface area contributed by atoms with Crippen LogP contribution in [0.3, 0.4) is 0 Å². The zero-order valence-corrected chi connectivity index (χ0v) is 11.4. The first-order valence-corrected chi connectivity index (χ1v) is 8.04. The van der Waals surface area contributed by atoms with Gasteiger partial charge in [-0.2, -0.15) is 11.8 Å². The number of primary amides is 1. The van der Waals surface area contributed by atoms with Gasteiger partial charge in [-0.25, -0.2) is 0 Å². The highest BCUT2D eigenvalue weighted by Crippen LogP contribution is 2.29. The third-order valence-electron chi connectivity index (χ3n) is 4.05. The smallest absolute Gasteiger partial charge is 0.238 e. The highest BCUT2D eigenvalue weighted by atomic mass is 32.2. The van der Waals surface area contributed by atoms with Gasteiger partial charge in [0.15, 0.2) is 0 Å². The largest absolute Gasteiger partial charge is 0.368 e. The first-order chi connectivity index (χ1) is 8.23. The van der Waals surface area contributed by atoms with Crippen LogP contribution in [-0.2, 0) is 4.79 Å². The van der Waals surface area contributed by atoms with Crippen LogP contribution in [0.15, 0.2) is 0 Å². The molecule has 0 aromatic rings. The van der Waals surface area contributed by atoms with E-state index in [1.165, 1.54) is 44.3 Å². The summed E-state index contributed by atoms with van der Waals surface area (Å²) in [6.45, 7) is 0. The van der Waals surface area contributed by atoms with Gasteiger partial charge in [0.2, 0.25) is 5.91 Å². The number of nitrogens with two attached hydrogens (primary N) is 1.